The van der Waals surface area contributed by atoms with Gasteiger partial charge in [-0.2, -0.15) is 0 Å². The summed E-state index contributed by atoms with van der Waals surface area (Å²) in [5, 5.41) is 11.9. The lowest BCUT2D eigenvalue weighted by molar-refractivity contribution is -0.143. The van der Waals surface area contributed by atoms with Gasteiger partial charge in [-0.25, -0.2) is 4.39 Å². The molecule has 1 saturated heterocycles. The van der Waals surface area contributed by atoms with Gasteiger partial charge in [0.25, 0.3) is 0 Å². The number of piperidine rings is 1. The number of amides is 1. The van der Waals surface area contributed by atoms with Crippen LogP contribution in [0.2, 0.25) is 0 Å². The molecule has 1 aromatic rings. The van der Waals surface area contributed by atoms with Crippen LogP contribution in [0.15, 0.2) is 24.3 Å². The van der Waals surface area contributed by atoms with Crippen LogP contribution in [0.3, 0.4) is 0 Å². The van der Waals surface area contributed by atoms with Crippen molar-refractivity contribution < 1.29 is 19.1 Å². The number of aliphatic carboxylic acids is 1. The molecule has 0 radical (unpaired) electrons. The van der Waals surface area contributed by atoms with Gasteiger partial charge in [0.2, 0.25) is 5.91 Å². The zero-order valence-electron chi connectivity index (χ0n) is 13.7. The van der Waals surface area contributed by atoms with Crippen LogP contribution in [0.5, 0.6) is 0 Å². The predicted octanol–water partition coefficient (Wildman–Crippen LogP) is 2.09. The van der Waals surface area contributed by atoms with Crippen LogP contribution in [-0.2, 0) is 16.0 Å². The summed E-state index contributed by atoms with van der Waals surface area (Å²) >= 11 is 0. The normalized spacial score (nSPS) is 16.9. The summed E-state index contributed by atoms with van der Waals surface area (Å²) in [6.45, 7) is 3.60. The zero-order chi connectivity index (χ0) is 16.8. The fourth-order valence-corrected chi connectivity index (χ4v) is 2.83. The van der Waals surface area contributed by atoms with Gasteiger partial charge < -0.3 is 10.4 Å². The minimum absolute atomic E-state index is 0. The fraction of sp³-hybridized carbons (Fsp3) is 0.529. The number of nitrogens with one attached hydrogen (secondary N) is 1. The van der Waals surface area contributed by atoms with Crippen LogP contribution >= 0.6 is 12.4 Å². The van der Waals surface area contributed by atoms with Crippen LogP contribution in [0.25, 0.3) is 0 Å². The lowest BCUT2D eigenvalue weighted by Gasteiger charge is -2.33. The summed E-state index contributed by atoms with van der Waals surface area (Å²) in [6.07, 6.45) is 1.82. The maximum absolute atomic E-state index is 12.8. The molecular formula is C17H24ClFN2O3. The van der Waals surface area contributed by atoms with E-state index < -0.39 is 5.97 Å². The van der Waals surface area contributed by atoms with E-state index in [0.717, 1.165) is 5.56 Å². The van der Waals surface area contributed by atoms with Crippen molar-refractivity contribution >= 4 is 24.3 Å². The number of rotatable bonds is 6. The van der Waals surface area contributed by atoms with Crippen LogP contribution in [0, 0.1) is 11.7 Å². The Kier molecular flexibility index (Phi) is 8.15. The van der Waals surface area contributed by atoms with Crippen molar-refractivity contribution in [3.63, 3.8) is 0 Å². The smallest absolute Gasteiger partial charge is 0.306 e. The van der Waals surface area contributed by atoms with Crippen LogP contribution in [0.1, 0.15) is 25.3 Å². The molecule has 134 valence electrons. The average molecular weight is 359 g/mol. The van der Waals surface area contributed by atoms with Crippen molar-refractivity contribution in [2.24, 2.45) is 5.92 Å². The first-order valence-electron chi connectivity index (χ1n) is 7.96. The standard InChI is InChI=1S/C17H23FN2O3.ClH/c1-12(20-10-7-14(8-11-20)17(22)23)16(21)19-9-6-13-2-4-15(18)5-3-13;/h2-5,12,14H,6-11H2,1H3,(H,19,21)(H,22,23);1H. The molecule has 2 N–H and O–H groups in total. The molecule has 2 rings (SSSR count). The highest BCUT2D eigenvalue weighted by molar-refractivity contribution is 5.85. The van der Waals surface area contributed by atoms with E-state index in [1.807, 2.05) is 11.8 Å². The number of hydrogen-bond acceptors (Lipinski definition) is 3. The third kappa shape index (κ3) is 5.76. The predicted molar refractivity (Wildman–Crippen MR) is 91.8 cm³/mol. The number of likely N-dealkylation sites (tertiary alicyclic amines) is 1. The van der Waals surface area contributed by atoms with Crippen molar-refractivity contribution in [1.82, 2.24) is 10.2 Å². The zero-order valence-corrected chi connectivity index (χ0v) is 14.5. The van der Waals surface area contributed by atoms with E-state index in [-0.39, 0.29) is 36.1 Å². The quantitative estimate of drug-likeness (QED) is 0.817. The summed E-state index contributed by atoms with van der Waals surface area (Å²) in [4.78, 5) is 25.1. The van der Waals surface area contributed by atoms with Gasteiger partial charge in [0, 0.05) is 6.54 Å². The van der Waals surface area contributed by atoms with E-state index in [0.29, 0.717) is 38.9 Å². The number of carboxylic acids is 1. The topological polar surface area (TPSA) is 69.6 Å². The summed E-state index contributed by atoms with van der Waals surface area (Å²) in [5.41, 5.74) is 0.974. The molecule has 1 aliphatic rings. The van der Waals surface area contributed by atoms with E-state index in [9.17, 15) is 14.0 Å². The largest absolute Gasteiger partial charge is 0.481 e. The Morgan fingerprint density at radius 1 is 1.29 bits per heavy atom. The van der Waals surface area contributed by atoms with E-state index in [4.69, 9.17) is 5.11 Å². The molecule has 0 spiro atoms. The molecule has 1 fully saturated rings. The second kappa shape index (κ2) is 9.59. The maximum Gasteiger partial charge on any atom is 0.306 e. The van der Waals surface area contributed by atoms with Gasteiger partial charge in [0.05, 0.1) is 12.0 Å². The molecule has 0 saturated carbocycles. The maximum atomic E-state index is 12.8. The third-order valence-electron chi connectivity index (χ3n) is 4.43. The Morgan fingerprint density at radius 3 is 2.42 bits per heavy atom. The molecule has 1 amide bonds. The van der Waals surface area contributed by atoms with Gasteiger partial charge in [-0.15, -0.1) is 12.4 Å². The summed E-state index contributed by atoms with van der Waals surface area (Å²) in [5.74, 6) is -1.36. The van der Waals surface area contributed by atoms with E-state index in [1.54, 1.807) is 12.1 Å². The van der Waals surface area contributed by atoms with E-state index in [1.165, 1.54) is 12.1 Å². The number of halogens is 2. The van der Waals surface area contributed by atoms with Crippen molar-refractivity contribution in [3.8, 4) is 0 Å². The van der Waals surface area contributed by atoms with Crippen molar-refractivity contribution in [2.75, 3.05) is 19.6 Å². The molecular weight excluding hydrogens is 335 g/mol. The highest BCUT2D eigenvalue weighted by atomic mass is 35.5. The van der Waals surface area contributed by atoms with Crippen molar-refractivity contribution in [1.29, 1.82) is 0 Å². The van der Waals surface area contributed by atoms with Gasteiger partial charge in [-0.3, -0.25) is 14.5 Å². The minimum Gasteiger partial charge on any atom is -0.481 e. The van der Waals surface area contributed by atoms with Gasteiger partial charge in [0.1, 0.15) is 5.82 Å². The first kappa shape index (κ1) is 20.4. The Morgan fingerprint density at radius 2 is 1.88 bits per heavy atom. The number of carboxylic acid groups (broad SMARTS) is 1. The lowest BCUT2D eigenvalue weighted by Crippen LogP contribution is -2.49. The Hall–Kier alpha value is -1.66. The molecule has 0 bridgehead atoms. The number of hydrogen-bond donors (Lipinski definition) is 2. The van der Waals surface area contributed by atoms with Crippen LogP contribution in [-0.4, -0.2) is 47.6 Å². The molecule has 0 aliphatic carbocycles. The van der Waals surface area contributed by atoms with Crippen LogP contribution in [0.4, 0.5) is 4.39 Å². The SMILES string of the molecule is CC(C(=O)NCCc1ccc(F)cc1)N1CCC(C(=O)O)CC1.Cl. The number of nitrogens with zero attached hydrogens (tertiary/aromatic N) is 1. The highest BCUT2D eigenvalue weighted by Gasteiger charge is 2.29. The monoisotopic (exact) mass is 358 g/mol. The molecule has 24 heavy (non-hydrogen) atoms. The second-order valence-electron chi connectivity index (χ2n) is 5.99. The molecule has 1 aromatic carbocycles. The summed E-state index contributed by atoms with van der Waals surface area (Å²) in [6, 6.07) is 5.97. The number of carbonyl (C=O) groups excluding carboxylic acids is 1. The Bertz CT molecular complexity index is 545. The fourth-order valence-electron chi connectivity index (χ4n) is 2.83. The third-order valence-corrected chi connectivity index (χ3v) is 4.43. The molecule has 1 heterocycles. The van der Waals surface area contributed by atoms with Gasteiger partial charge in [0.15, 0.2) is 0 Å². The van der Waals surface area contributed by atoms with Crippen LogP contribution < -0.4 is 5.32 Å². The molecule has 5 nitrogen and oxygen atoms in total. The van der Waals surface area contributed by atoms with E-state index in [2.05, 4.69) is 5.32 Å². The van der Waals surface area contributed by atoms with E-state index >= 15 is 0 Å². The first-order valence-corrected chi connectivity index (χ1v) is 7.96. The van der Waals surface area contributed by atoms with Gasteiger partial charge in [-0.05, 0) is 57.0 Å². The average Bonchev–Trinajstić information content (AvgIpc) is 2.56. The van der Waals surface area contributed by atoms with Gasteiger partial charge in [-0.1, -0.05) is 12.1 Å². The first-order chi connectivity index (χ1) is 11.0. The number of benzene rings is 1. The Balaban J connectivity index is 0.00000288. The molecule has 7 heteroatoms. The minimum atomic E-state index is -0.749. The van der Waals surface area contributed by atoms with Gasteiger partial charge >= 0.3 is 5.97 Å². The highest BCUT2D eigenvalue weighted by Crippen LogP contribution is 2.19. The molecule has 1 atom stereocenters. The number of carbonyl (C=O) groups is 2. The molecule has 1 aliphatic heterocycles. The summed E-state index contributed by atoms with van der Waals surface area (Å²) < 4.78 is 12.8. The summed E-state index contributed by atoms with van der Waals surface area (Å²) in [7, 11) is 0. The van der Waals surface area contributed by atoms with Crippen molar-refractivity contribution in [2.45, 2.75) is 32.2 Å². The lowest BCUT2D eigenvalue weighted by atomic mass is 9.96. The molecule has 1 unspecified atom stereocenters. The van der Waals surface area contributed by atoms with Crippen molar-refractivity contribution in [3.05, 3.63) is 35.6 Å². The second-order valence-corrected chi connectivity index (χ2v) is 5.99. The Labute approximate surface area is 147 Å². The molecule has 0 aromatic heterocycles.